The molecular formula is C12H23N3O. The van der Waals surface area contributed by atoms with E-state index in [1.165, 1.54) is 19.3 Å². The van der Waals surface area contributed by atoms with Crippen LogP contribution in [-0.4, -0.2) is 56.1 Å². The van der Waals surface area contributed by atoms with Gasteiger partial charge in [0.2, 0.25) is 0 Å². The number of amides is 2. The van der Waals surface area contributed by atoms with Crippen LogP contribution >= 0.6 is 0 Å². The second-order valence-electron chi connectivity index (χ2n) is 5.48. The third kappa shape index (κ3) is 2.32. The summed E-state index contributed by atoms with van der Waals surface area (Å²) in [6, 6.07) is 0.171. The molecule has 0 aromatic rings. The Morgan fingerprint density at radius 1 is 1.31 bits per heavy atom. The Morgan fingerprint density at radius 3 is 2.69 bits per heavy atom. The molecular weight excluding hydrogens is 202 g/mol. The van der Waals surface area contributed by atoms with Crippen LogP contribution in [0.1, 0.15) is 25.7 Å². The van der Waals surface area contributed by atoms with Crippen molar-refractivity contribution in [1.82, 2.24) is 15.1 Å². The molecule has 0 radical (unpaired) electrons. The van der Waals surface area contributed by atoms with Gasteiger partial charge < -0.3 is 15.1 Å². The fourth-order valence-electron chi connectivity index (χ4n) is 3.03. The number of nitrogens with one attached hydrogen (secondary N) is 1. The lowest BCUT2D eigenvalue weighted by molar-refractivity contribution is 0.0721. The molecule has 0 aromatic heterocycles. The third-order valence-electron chi connectivity index (χ3n) is 3.88. The summed E-state index contributed by atoms with van der Waals surface area (Å²) in [5.41, 5.74) is 0.363. The lowest BCUT2D eigenvalue weighted by Gasteiger charge is -2.45. The maximum absolute atomic E-state index is 12.0. The Hall–Kier alpha value is -0.770. The summed E-state index contributed by atoms with van der Waals surface area (Å²) in [7, 11) is 3.67. The minimum atomic E-state index is 0.171. The van der Waals surface area contributed by atoms with Crippen LogP contribution in [0.25, 0.3) is 0 Å². The van der Waals surface area contributed by atoms with E-state index in [-0.39, 0.29) is 6.03 Å². The third-order valence-corrected chi connectivity index (χ3v) is 3.88. The Labute approximate surface area is 98.0 Å². The van der Waals surface area contributed by atoms with E-state index in [4.69, 9.17) is 0 Å². The minimum Gasteiger partial charge on any atom is -0.331 e. The Bertz CT molecular complexity index is 253. The van der Waals surface area contributed by atoms with Crippen LogP contribution < -0.4 is 5.32 Å². The van der Waals surface area contributed by atoms with Crippen LogP contribution in [-0.2, 0) is 0 Å². The second-order valence-corrected chi connectivity index (χ2v) is 5.48. The first-order valence-corrected chi connectivity index (χ1v) is 6.30. The standard InChI is InChI=1S/C12H23N3O/c1-14(2)11(16)15-8-4-6-12(10-15)5-3-7-13-9-12/h13H,3-10H2,1-2H3. The maximum atomic E-state index is 12.0. The van der Waals surface area contributed by atoms with Crippen molar-refractivity contribution in [2.45, 2.75) is 25.7 Å². The summed E-state index contributed by atoms with van der Waals surface area (Å²) < 4.78 is 0. The Morgan fingerprint density at radius 2 is 2.06 bits per heavy atom. The zero-order chi connectivity index (χ0) is 11.6. The summed E-state index contributed by atoms with van der Waals surface area (Å²) in [4.78, 5) is 15.7. The first kappa shape index (κ1) is 11.7. The average Bonchev–Trinajstić information content (AvgIpc) is 2.29. The molecule has 2 saturated heterocycles. The number of likely N-dealkylation sites (tertiary alicyclic amines) is 1. The molecule has 2 aliphatic heterocycles. The predicted molar refractivity (Wildman–Crippen MR) is 64.4 cm³/mol. The molecule has 2 aliphatic rings. The van der Waals surface area contributed by atoms with Crippen LogP contribution in [0.3, 0.4) is 0 Å². The smallest absolute Gasteiger partial charge is 0.319 e. The van der Waals surface area contributed by atoms with Crippen molar-refractivity contribution < 1.29 is 4.79 Å². The predicted octanol–water partition coefficient (Wildman–Crippen LogP) is 1.13. The van der Waals surface area contributed by atoms with Gasteiger partial charge in [0, 0.05) is 39.1 Å². The minimum absolute atomic E-state index is 0.171. The number of carbonyl (C=O) groups excluding carboxylic acids is 1. The molecule has 0 aromatic carbocycles. The molecule has 1 atom stereocenters. The highest BCUT2D eigenvalue weighted by Crippen LogP contribution is 2.35. The summed E-state index contributed by atoms with van der Waals surface area (Å²) in [6.45, 7) is 4.10. The first-order chi connectivity index (χ1) is 7.63. The number of carbonyl (C=O) groups is 1. The molecule has 0 bridgehead atoms. The zero-order valence-electron chi connectivity index (χ0n) is 10.5. The van der Waals surface area contributed by atoms with Crippen molar-refractivity contribution in [3.8, 4) is 0 Å². The molecule has 2 amide bonds. The number of rotatable bonds is 0. The molecule has 4 heteroatoms. The van der Waals surface area contributed by atoms with Crippen LogP contribution in [0.2, 0.25) is 0 Å². The van der Waals surface area contributed by atoms with E-state index in [1.807, 2.05) is 19.0 Å². The molecule has 4 nitrogen and oxygen atoms in total. The van der Waals surface area contributed by atoms with Crippen molar-refractivity contribution in [2.75, 3.05) is 40.3 Å². The number of hydrogen-bond donors (Lipinski definition) is 1. The van der Waals surface area contributed by atoms with Crippen LogP contribution in [0.4, 0.5) is 4.79 Å². The SMILES string of the molecule is CN(C)C(=O)N1CCCC2(CCCNC2)C1. The van der Waals surface area contributed by atoms with Crippen molar-refractivity contribution in [3.05, 3.63) is 0 Å². The molecule has 2 rings (SSSR count). The quantitative estimate of drug-likeness (QED) is 0.671. The van der Waals surface area contributed by atoms with Crippen molar-refractivity contribution >= 4 is 6.03 Å². The molecule has 0 saturated carbocycles. The Balaban J connectivity index is 2.00. The van der Waals surface area contributed by atoms with Gasteiger partial charge >= 0.3 is 6.03 Å². The van der Waals surface area contributed by atoms with E-state index in [1.54, 1.807) is 4.90 Å². The fourth-order valence-corrected chi connectivity index (χ4v) is 3.03. The van der Waals surface area contributed by atoms with E-state index < -0.39 is 0 Å². The van der Waals surface area contributed by atoms with Gasteiger partial charge in [-0.1, -0.05) is 0 Å². The summed E-state index contributed by atoms with van der Waals surface area (Å²) in [5.74, 6) is 0. The highest BCUT2D eigenvalue weighted by atomic mass is 16.2. The summed E-state index contributed by atoms with van der Waals surface area (Å²) in [5, 5.41) is 3.48. The van der Waals surface area contributed by atoms with E-state index in [9.17, 15) is 4.79 Å². The average molecular weight is 225 g/mol. The van der Waals surface area contributed by atoms with E-state index in [2.05, 4.69) is 5.32 Å². The normalized spacial score (nSPS) is 30.5. The van der Waals surface area contributed by atoms with Crippen molar-refractivity contribution in [2.24, 2.45) is 5.41 Å². The summed E-state index contributed by atoms with van der Waals surface area (Å²) >= 11 is 0. The largest absolute Gasteiger partial charge is 0.331 e. The molecule has 1 spiro atoms. The molecule has 16 heavy (non-hydrogen) atoms. The number of piperidine rings is 2. The molecule has 2 heterocycles. The van der Waals surface area contributed by atoms with Crippen molar-refractivity contribution in [3.63, 3.8) is 0 Å². The number of urea groups is 1. The van der Waals surface area contributed by atoms with Gasteiger partial charge in [-0.05, 0) is 32.2 Å². The van der Waals surface area contributed by atoms with E-state index in [0.29, 0.717) is 5.41 Å². The second kappa shape index (κ2) is 4.62. The monoisotopic (exact) mass is 225 g/mol. The fraction of sp³-hybridized carbons (Fsp3) is 0.917. The lowest BCUT2D eigenvalue weighted by atomic mass is 9.74. The highest BCUT2D eigenvalue weighted by molar-refractivity contribution is 5.74. The van der Waals surface area contributed by atoms with Gasteiger partial charge in [0.25, 0.3) is 0 Å². The zero-order valence-corrected chi connectivity index (χ0v) is 10.5. The molecule has 1 unspecified atom stereocenters. The maximum Gasteiger partial charge on any atom is 0.319 e. The van der Waals surface area contributed by atoms with E-state index >= 15 is 0 Å². The van der Waals surface area contributed by atoms with E-state index in [0.717, 1.165) is 32.6 Å². The van der Waals surface area contributed by atoms with Gasteiger partial charge in [0.05, 0.1) is 0 Å². The van der Waals surface area contributed by atoms with Gasteiger partial charge in [0.1, 0.15) is 0 Å². The number of nitrogens with zero attached hydrogens (tertiary/aromatic N) is 2. The molecule has 0 aliphatic carbocycles. The Kier molecular flexibility index (Phi) is 3.38. The van der Waals surface area contributed by atoms with Gasteiger partial charge in [-0.15, -0.1) is 0 Å². The van der Waals surface area contributed by atoms with Gasteiger partial charge in [-0.2, -0.15) is 0 Å². The molecule has 1 N–H and O–H groups in total. The highest BCUT2D eigenvalue weighted by Gasteiger charge is 2.38. The topological polar surface area (TPSA) is 35.6 Å². The van der Waals surface area contributed by atoms with Crippen LogP contribution in [0.15, 0.2) is 0 Å². The first-order valence-electron chi connectivity index (χ1n) is 6.30. The van der Waals surface area contributed by atoms with Crippen LogP contribution in [0, 0.1) is 5.41 Å². The lowest BCUT2D eigenvalue weighted by Crippen LogP contribution is -2.54. The summed E-state index contributed by atoms with van der Waals surface area (Å²) in [6.07, 6.45) is 4.96. The van der Waals surface area contributed by atoms with Gasteiger partial charge in [0.15, 0.2) is 0 Å². The number of hydrogen-bond acceptors (Lipinski definition) is 2. The van der Waals surface area contributed by atoms with Crippen molar-refractivity contribution in [1.29, 1.82) is 0 Å². The molecule has 92 valence electrons. The van der Waals surface area contributed by atoms with Gasteiger partial charge in [-0.25, -0.2) is 4.79 Å². The van der Waals surface area contributed by atoms with Gasteiger partial charge in [-0.3, -0.25) is 0 Å². The van der Waals surface area contributed by atoms with Crippen LogP contribution in [0.5, 0.6) is 0 Å². The molecule has 2 fully saturated rings.